The molecule has 3 rings (SSSR count). The molecule has 1 saturated heterocycles. The van der Waals surface area contributed by atoms with Gasteiger partial charge in [0.05, 0.1) is 18.4 Å². The molecule has 3 heterocycles. The molecule has 6 heteroatoms. The summed E-state index contributed by atoms with van der Waals surface area (Å²) >= 11 is 1.55. The van der Waals surface area contributed by atoms with E-state index in [1.807, 2.05) is 16.0 Å². The van der Waals surface area contributed by atoms with Crippen LogP contribution in [0.3, 0.4) is 0 Å². The van der Waals surface area contributed by atoms with Gasteiger partial charge in [0.1, 0.15) is 0 Å². The maximum Gasteiger partial charge on any atom is 0.195 e. The maximum absolute atomic E-state index is 9.96. The van der Waals surface area contributed by atoms with E-state index in [0.29, 0.717) is 12.5 Å². The highest BCUT2D eigenvalue weighted by atomic mass is 32.1. The largest absolute Gasteiger partial charge is 0.391 e. The fourth-order valence-corrected chi connectivity index (χ4v) is 3.19. The highest BCUT2D eigenvalue weighted by Crippen LogP contribution is 2.28. The number of piperidine rings is 1. The van der Waals surface area contributed by atoms with Crippen molar-refractivity contribution in [3.8, 4) is 0 Å². The van der Waals surface area contributed by atoms with Gasteiger partial charge in [-0.3, -0.25) is 4.40 Å². The molecule has 2 aromatic rings. The van der Waals surface area contributed by atoms with Crippen LogP contribution in [0.1, 0.15) is 19.0 Å². The predicted octanol–water partition coefficient (Wildman–Crippen LogP) is 1.10. The Bertz CT molecular complexity index is 551. The number of thiazole rings is 1. The topological polar surface area (TPSA) is 61.0 Å². The molecule has 1 aliphatic rings. The third kappa shape index (κ3) is 1.81. The van der Waals surface area contributed by atoms with Crippen molar-refractivity contribution in [1.29, 1.82) is 0 Å². The molecule has 18 heavy (non-hydrogen) atoms. The molecule has 0 aromatic carbocycles. The lowest BCUT2D eigenvalue weighted by molar-refractivity contribution is 0.102. The van der Waals surface area contributed by atoms with Crippen molar-refractivity contribution in [1.82, 2.24) is 9.38 Å². The van der Waals surface area contributed by atoms with Crippen LogP contribution in [0.2, 0.25) is 0 Å². The van der Waals surface area contributed by atoms with E-state index in [1.165, 1.54) is 0 Å². The summed E-state index contributed by atoms with van der Waals surface area (Å²) in [5.74, 6) is 1.15. The van der Waals surface area contributed by atoms with E-state index in [1.54, 1.807) is 11.3 Å². The fraction of sp³-hybridized carbons (Fsp3) is 0.583. The lowest BCUT2D eigenvalue weighted by atomic mass is 9.96. The van der Waals surface area contributed by atoms with Crippen LogP contribution in [-0.4, -0.2) is 38.8 Å². The monoisotopic (exact) mass is 267 g/mol. The zero-order valence-corrected chi connectivity index (χ0v) is 11.1. The summed E-state index contributed by atoms with van der Waals surface area (Å²) in [5.41, 5.74) is 0.813. The minimum atomic E-state index is -0.315. The number of hydrogen-bond donors (Lipinski definition) is 2. The molecule has 5 nitrogen and oxygen atoms in total. The number of anilines is 1. The molecule has 98 valence electrons. The second kappa shape index (κ2) is 4.53. The first-order chi connectivity index (χ1) is 8.70. The number of imidazole rings is 1. The van der Waals surface area contributed by atoms with Crippen LogP contribution in [-0.2, 0) is 6.61 Å². The van der Waals surface area contributed by atoms with Gasteiger partial charge in [0.2, 0.25) is 0 Å². The summed E-state index contributed by atoms with van der Waals surface area (Å²) in [6.07, 6.45) is 2.56. The van der Waals surface area contributed by atoms with Gasteiger partial charge in [0, 0.05) is 24.7 Å². The van der Waals surface area contributed by atoms with Crippen molar-refractivity contribution in [2.24, 2.45) is 5.92 Å². The lowest BCUT2D eigenvalue weighted by Gasteiger charge is -2.34. The number of β-amino-alcohol motifs (C(OH)–C–C–N with tert-alkyl or cyclic N) is 1. The average Bonchev–Trinajstić information content (AvgIpc) is 2.92. The van der Waals surface area contributed by atoms with Crippen LogP contribution in [0, 0.1) is 5.92 Å². The van der Waals surface area contributed by atoms with Crippen molar-refractivity contribution in [3.05, 3.63) is 17.3 Å². The smallest absolute Gasteiger partial charge is 0.195 e. The Morgan fingerprint density at radius 2 is 2.39 bits per heavy atom. The molecule has 2 atom stereocenters. The molecule has 1 fully saturated rings. The van der Waals surface area contributed by atoms with E-state index in [0.717, 1.165) is 29.4 Å². The van der Waals surface area contributed by atoms with Crippen LogP contribution in [0.15, 0.2) is 11.6 Å². The van der Waals surface area contributed by atoms with E-state index < -0.39 is 0 Å². The number of aromatic nitrogens is 2. The van der Waals surface area contributed by atoms with Gasteiger partial charge in [-0.2, -0.15) is 0 Å². The molecule has 0 saturated carbocycles. The van der Waals surface area contributed by atoms with Crippen molar-refractivity contribution in [2.45, 2.75) is 26.1 Å². The quantitative estimate of drug-likeness (QED) is 0.855. The number of nitrogens with zero attached hydrogens (tertiary/aromatic N) is 3. The molecule has 1 aliphatic heterocycles. The zero-order valence-electron chi connectivity index (χ0n) is 10.3. The van der Waals surface area contributed by atoms with E-state index in [9.17, 15) is 10.2 Å². The first-order valence-electron chi connectivity index (χ1n) is 6.19. The van der Waals surface area contributed by atoms with Gasteiger partial charge < -0.3 is 15.1 Å². The van der Waals surface area contributed by atoms with Gasteiger partial charge in [0.15, 0.2) is 10.8 Å². The minimum absolute atomic E-state index is 0.0324. The molecular weight excluding hydrogens is 250 g/mol. The number of rotatable bonds is 2. The second-order valence-corrected chi connectivity index (χ2v) is 5.75. The van der Waals surface area contributed by atoms with E-state index in [-0.39, 0.29) is 12.7 Å². The average molecular weight is 267 g/mol. The highest BCUT2D eigenvalue weighted by molar-refractivity contribution is 7.15. The summed E-state index contributed by atoms with van der Waals surface area (Å²) in [6, 6.07) is 0. The van der Waals surface area contributed by atoms with Crippen molar-refractivity contribution >= 4 is 22.1 Å². The number of fused-ring (bicyclic) bond motifs is 1. The summed E-state index contributed by atoms with van der Waals surface area (Å²) in [4.78, 5) is 7.53. The van der Waals surface area contributed by atoms with Crippen molar-refractivity contribution in [3.63, 3.8) is 0 Å². The Hall–Kier alpha value is -1.11. The number of aliphatic hydroxyl groups is 2. The fourth-order valence-electron chi connectivity index (χ4n) is 2.46. The highest BCUT2D eigenvalue weighted by Gasteiger charge is 2.27. The normalized spacial score (nSPS) is 24.9. The third-order valence-electron chi connectivity index (χ3n) is 3.71. The van der Waals surface area contributed by atoms with E-state index >= 15 is 0 Å². The van der Waals surface area contributed by atoms with E-state index in [4.69, 9.17) is 0 Å². The Morgan fingerprint density at radius 3 is 3.11 bits per heavy atom. The Labute approximate surface area is 109 Å². The summed E-state index contributed by atoms with van der Waals surface area (Å²) in [5, 5.41) is 21.4. The number of hydrogen-bond acceptors (Lipinski definition) is 5. The molecule has 2 aromatic heterocycles. The standard InChI is InChI=1S/C12H17N3O2S/c1-8-2-3-14(6-10(8)17)11-9(7-16)15-4-5-18-12(15)13-11/h4-5,8,10,16-17H,2-3,6-7H2,1H3. The molecule has 2 unspecified atom stereocenters. The first kappa shape index (κ1) is 12.0. The molecular formula is C12H17N3O2S. The van der Waals surface area contributed by atoms with Crippen LogP contribution in [0.4, 0.5) is 5.82 Å². The van der Waals surface area contributed by atoms with Gasteiger partial charge in [-0.15, -0.1) is 11.3 Å². The number of aliphatic hydroxyl groups excluding tert-OH is 2. The maximum atomic E-state index is 9.96. The third-order valence-corrected chi connectivity index (χ3v) is 4.46. The second-order valence-electron chi connectivity index (χ2n) is 4.88. The zero-order chi connectivity index (χ0) is 12.7. The van der Waals surface area contributed by atoms with Crippen LogP contribution >= 0.6 is 11.3 Å². The molecule has 0 bridgehead atoms. The van der Waals surface area contributed by atoms with Crippen LogP contribution in [0.25, 0.3) is 4.96 Å². The lowest BCUT2D eigenvalue weighted by Crippen LogP contribution is -2.43. The van der Waals surface area contributed by atoms with Gasteiger partial charge in [-0.25, -0.2) is 4.98 Å². The minimum Gasteiger partial charge on any atom is -0.391 e. The van der Waals surface area contributed by atoms with Crippen LogP contribution < -0.4 is 4.90 Å². The summed E-state index contributed by atoms with van der Waals surface area (Å²) in [7, 11) is 0. The van der Waals surface area contributed by atoms with Crippen molar-refractivity contribution < 1.29 is 10.2 Å². The molecule has 0 amide bonds. The molecule has 0 aliphatic carbocycles. The van der Waals surface area contributed by atoms with Crippen LogP contribution in [0.5, 0.6) is 0 Å². The van der Waals surface area contributed by atoms with E-state index in [2.05, 4.69) is 16.8 Å². The Morgan fingerprint density at radius 1 is 1.56 bits per heavy atom. The van der Waals surface area contributed by atoms with Gasteiger partial charge in [-0.1, -0.05) is 6.92 Å². The Kier molecular flexibility index (Phi) is 3.01. The summed E-state index contributed by atoms with van der Waals surface area (Å²) < 4.78 is 1.92. The molecule has 2 N–H and O–H groups in total. The first-order valence-corrected chi connectivity index (χ1v) is 7.07. The van der Waals surface area contributed by atoms with Gasteiger partial charge in [-0.05, 0) is 12.3 Å². The predicted molar refractivity (Wildman–Crippen MR) is 71.0 cm³/mol. The molecule has 0 spiro atoms. The SMILES string of the molecule is CC1CCN(c2nc3sccn3c2CO)CC1O. The van der Waals surface area contributed by atoms with Crippen molar-refractivity contribution in [2.75, 3.05) is 18.0 Å². The van der Waals surface area contributed by atoms with Gasteiger partial charge in [0.25, 0.3) is 0 Å². The Balaban J connectivity index is 1.96. The molecule has 0 radical (unpaired) electrons. The van der Waals surface area contributed by atoms with Gasteiger partial charge >= 0.3 is 0 Å². The summed E-state index contributed by atoms with van der Waals surface area (Å²) in [6.45, 7) is 3.52.